The Morgan fingerprint density at radius 3 is 2.55 bits per heavy atom. The van der Waals surface area contributed by atoms with Crippen molar-refractivity contribution in [2.24, 2.45) is 0 Å². The molecule has 2 heteroatoms. The van der Waals surface area contributed by atoms with E-state index in [0.717, 1.165) is 17.5 Å². The number of halogens is 1. The normalized spacial score (nSPS) is 8.91. The van der Waals surface area contributed by atoms with Crippen LogP contribution in [0.4, 0.5) is 4.39 Å². The maximum absolute atomic E-state index is 12.8. The van der Waals surface area contributed by atoms with Crippen LogP contribution in [0.1, 0.15) is 18.1 Å². The van der Waals surface area contributed by atoms with Crippen molar-refractivity contribution in [3.05, 3.63) is 42.1 Å². The summed E-state index contributed by atoms with van der Waals surface area (Å²) in [4.78, 5) is 0. The second-order valence-corrected chi connectivity index (χ2v) is 2.28. The third kappa shape index (κ3) is 3.26. The molecule has 1 rings (SSSR count). The van der Waals surface area contributed by atoms with Gasteiger partial charge in [-0.15, -0.1) is 12.1 Å². The minimum Gasteiger partial charge on any atom is -0.221 e. The van der Waals surface area contributed by atoms with Crippen molar-refractivity contribution in [2.45, 2.75) is 13.3 Å². The summed E-state index contributed by atoms with van der Waals surface area (Å²) in [5.74, 6) is -0.144. The van der Waals surface area contributed by atoms with E-state index in [1.165, 1.54) is 6.07 Å². The van der Waals surface area contributed by atoms with Crippen molar-refractivity contribution >= 4 is 0 Å². The molecule has 1 aromatic rings. The Morgan fingerprint density at radius 1 is 1.45 bits per heavy atom. The van der Waals surface area contributed by atoms with Crippen LogP contribution in [0, 0.1) is 12.7 Å². The maximum atomic E-state index is 12.8. The van der Waals surface area contributed by atoms with E-state index in [9.17, 15) is 4.39 Å². The van der Waals surface area contributed by atoms with Gasteiger partial charge in [0.1, 0.15) is 0 Å². The van der Waals surface area contributed by atoms with Crippen molar-refractivity contribution in [3.63, 3.8) is 0 Å². The Kier molecular flexibility index (Phi) is 5.65. The Labute approximate surface area is 110 Å². The predicted molar refractivity (Wildman–Crippen MR) is 40.2 cm³/mol. The Bertz CT molecular complexity index is 233. The molecule has 11 heavy (non-hydrogen) atoms. The van der Waals surface area contributed by atoms with Gasteiger partial charge in [-0.05, 0) is 12.0 Å². The monoisotopic (exact) mass is 176 g/mol. The fraction of sp³-hybridized carbons (Fsp3) is 0.222. The van der Waals surface area contributed by atoms with Gasteiger partial charge in [-0.25, -0.2) is 4.39 Å². The number of hydrogen-bond donors (Lipinski definition) is 0. The molecule has 0 nitrogen and oxygen atoms in total. The van der Waals surface area contributed by atoms with Crippen LogP contribution in [-0.4, -0.2) is 0 Å². The summed E-state index contributed by atoms with van der Waals surface area (Å²) in [6, 6.07) is 5.05. The van der Waals surface area contributed by atoms with E-state index < -0.39 is 0 Å². The minimum absolute atomic E-state index is 0. The van der Waals surface area contributed by atoms with Gasteiger partial charge in [-0.1, -0.05) is 6.92 Å². The quantitative estimate of drug-likeness (QED) is 0.402. The van der Waals surface area contributed by atoms with Crippen LogP contribution in [0.2, 0.25) is 0 Å². The summed E-state index contributed by atoms with van der Waals surface area (Å²) in [6.45, 7) is 5.55. The third-order valence-electron chi connectivity index (χ3n) is 1.50. The molecular weight excluding hydrogens is 166 g/mol. The van der Waals surface area contributed by atoms with E-state index in [2.05, 4.69) is 6.92 Å². The molecular formula is C9H10FK. The largest absolute Gasteiger partial charge is 1.00 e. The number of aryl methyl sites for hydroxylation is 1. The molecule has 0 radical (unpaired) electrons. The van der Waals surface area contributed by atoms with Crippen LogP contribution < -0.4 is 51.4 Å². The summed E-state index contributed by atoms with van der Waals surface area (Å²) in [5, 5.41) is 0. The summed E-state index contributed by atoms with van der Waals surface area (Å²) < 4.78 is 12.8. The average molecular weight is 176 g/mol. The van der Waals surface area contributed by atoms with E-state index >= 15 is 0 Å². The zero-order chi connectivity index (χ0) is 7.56. The van der Waals surface area contributed by atoms with Gasteiger partial charge in [0.25, 0.3) is 0 Å². The summed E-state index contributed by atoms with van der Waals surface area (Å²) in [5.41, 5.74) is 1.49. The fourth-order valence-electron chi connectivity index (χ4n) is 0.878. The molecule has 1 aromatic carbocycles. The summed E-state index contributed by atoms with van der Waals surface area (Å²) in [6.07, 6.45) is 0.742. The Balaban J connectivity index is 0.000001000. The second-order valence-electron chi connectivity index (χ2n) is 2.28. The topological polar surface area (TPSA) is 0 Å². The van der Waals surface area contributed by atoms with E-state index in [4.69, 9.17) is 0 Å². The summed E-state index contributed by atoms with van der Waals surface area (Å²) in [7, 11) is 0. The SMILES string of the molecule is [CH2-]c1ccc(CC)c(F)c1.[K+]. The van der Waals surface area contributed by atoms with Crippen molar-refractivity contribution in [1.82, 2.24) is 0 Å². The molecule has 0 saturated carbocycles. The van der Waals surface area contributed by atoms with Crippen molar-refractivity contribution in [3.8, 4) is 0 Å². The van der Waals surface area contributed by atoms with E-state index in [-0.39, 0.29) is 57.2 Å². The second kappa shape index (κ2) is 5.33. The molecule has 0 heterocycles. The molecule has 0 N–H and O–H groups in total. The van der Waals surface area contributed by atoms with Crippen LogP contribution in [0.15, 0.2) is 18.2 Å². The molecule has 54 valence electrons. The number of hydrogen-bond acceptors (Lipinski definition) is 0. The Hall–Kier alpha value is 0.656. The maximum Gasteiger partial charge on any atom is 1.00 e. The fourth-order valence-corrected chi connectivity index (χ4v) is 0.878. The minimum atomic E-state index is -0.144. The smallest absolute Gasteiger partial charge is 0.221 e. The van der Waals surface area contributed by atoms with Gasteiger partial charge in [-0.3, -0.25) is 0 Å². The molecule has 0 aromatic heterocycles. The predicted octanol–water partition coefficient (Wildman–Crippen LogP) is -0.426. The standard InChI is InChI=1S/C9H10F.K/c1-3-8-5-4-7(2)6-9(8)10;/h4-6H,2-3H2,1H3;/q-1;+1. The molecule has 0 aliphatic carbocycles. The molecule has 0 bridgehead atoms. The van der Waals surface area contributed by atoms with Crippen LogP contribution in [0.3, 0.4) is 0 Å². The van der Waals surface area contributed by atoms with Crippen molar-refractivity contribution in [2.75, 3.05) is 0 Å². The van der Waals surface area contributed by atoms with Crippen LogP contribution in [0.5, 0.6) is 0 Å². The average Bonchev–Trinajstić information content (AvgIpc) is 1.88. The van der Waals surface area contributed by atoms with Crippen molar-refractivity contribution in [1.29, 1.82) is 0 Å². The zero-order valence-electron chi connectivity index (χ0n) is 7.02. The number of benzene rings is 1. The van der Waals surface area contributed by atoms with Gasteiger partial charge in [0.05, 0.1) is 5.82 Å². The third-order valence-corrected chi connectivity index (χ3v) is 1.50. The van der Waals surface area contributed by atoms with E-state index in [0.29, 0.717) is 0 Å². The molecule has 0 atom stereocenters. The summed E-state index contributed by atoms with van der Waals surface area (Å²) >= 11 is 0. The van der Waals surface area contributed by atoms with Crippen molar-refractivity contribution < 1.29 is 55.8 Å². The first-order valence-electron chi connectivity index (χ1n) is 3.34. The molecule has 0 aliphatic heterocycles. The molecule has 0 saturated heterocycles. The van der Waals surface area contributed by atoms with Gasteiger partial charge in [0.15, 0.2) is 0 Å². The number of rotatable bonds is 1. The van der Waals surface area contributed by atoms with Gasteiger partial charge in [-0.2, -0.15) is 18.6 Å². The van der Waals surface area contributed by atoms with Gasteiger partial charge in [0, 0.05) is 0 Å². The van der Waals surface area contributed by atoms with E-state index in [1.807, 2.05) is 13.0 Å². The van der Waals surface area contributed by atoms with Gasteiger partial charge in [0.2, 0.25) is 0 Å². The molecule has 0 aliphatic rings. The molecule has 0 spiro atoms. The van der Waals surface area contributed by atoms with Crippen LogP contribution in [-0.2, 0) is 6.42 Å². The first-order chi connectivity index (χ1) is 4.74. The van der Waals surface area contributed by atoms with Crippen LogP contribution >= 0.6 is 0 Å². The first-order valence-corrected chi connectivity index (χ1v) is 3.34. The Morgan fingerprint density at radius 2 is 2.09 bits per heavy atom. The zero-order valence-corrected chi connectivity index (χ0v) is 10.1. The molecule has 0 amide bonds. The van der Waals surface area contributed by atoms with Crippen LogP contribution in [0.25, 0.3) is 0 Å². The first kappa shape index (κ1) is 11.7. The van der Waals surface area contributed by atoms with E-state index in [1.54, 1.807) is 6.07 Å². The van der Waals surface area contributed by atoms with Gasteiger partial charge >= 0.3 is 51.4 Å². The molecule has 0 unspecified atom stereocenters. The van der Waals surface area contributed by atoms with Gasteiger partial charge < -0.3 is 0 Å². The molecule has 0 fully saturated rings.